The third-order valence-electron chi connectivity index (χ3n) is 19.2. The first-order valence-electron chi connectivity index (χ1n) is 27.8. The molecule has 0 aromatic heterocycles. The number of para-hydroxylation sites is 2. The Morgan fingerprint density at radius 2 is 0.890 bits per heavy atom. The zero-order chi connectivity index (χ0) is 49.5. The fourth-order valence-electron chi connectivity index (χ4n) is 15.8. The minimum Gasteiger partial charge on any atom is -0.311 e. The molecule has 0 aliphatic heterocycles. The lowest BCUT2D eigenvalue weighted by Gasteiger charge is -2.57. The number of hydrogen-bond donors (Lipinski definition) is 0. The second-order valence-corrected chi connectivity index (χ2v) is 24.9. The van der Waals surface area contributed by atoms with Crippen molar-refractivity contribution in [2.24, 2.45) is 29.1 Å². The zero-order valence-corrected chi connectivity index (χ0v) is 43.8. The summed E-state index contributed by atoms with van der Waals surface area (Å²) in [4.78, 5) is 4.95. The molecule has 4 bridgehead atoms. The number of anilines is 6. The quantitative estimate of drug-likeness (QED) is 0.135. The number of rotatable bonds is 10. The monoisotopic (exact) mass is 953 g/mol. The van der Waals surface area contributed by atoms with Gasteiger partial charge >= 0.3 is 0 Å². The second-order valence-electron chi connectivity index (χ2n) is 24.9. The van der Waals surface area contributed by atoms with Crippen LogP contribution in [0.1, 0.15) is 127 Å². The molecule has 5 saturated carbocycles. The van der Waals surface area contributed by atoms with Gasteiger partial charge in [0.15, 0.2) is 0 Å². The van der Waals surface area contributed by atoms with Crippen molar-refractivity contribution in [3.05, 3.63) is 228 Å². The highest BCUT2D eigenvalue weighted by atomic mass is 15.1. The minimum atomic E-state index is -0.158. The summed E-state index contributed by atoms with van der Waals surface area (Å²) in [6.07, 6.45) is 13.3. The second kappa shape index (κ2) is 17.8. The summed E-state index contributed by atoms with van der Waals surface area (Å²) >= 11 is 0. The normalized spacial score (nSPS) is 24.5. The van der Waals surface area contributed by atoms with E-state index in [2.05, 4.69) is 245 Å². The smallest absolute Gasteiger partial charge is 0.0465 e. The predicted octanol–water partition coefficient (Wildman–Crippen LogP) is 19.6. The van der Waals surface area contributed by atoms with Gasteiger partial charge in [-0.3, -0.25) is 0 Å². The van der Waals surface area contributed by atoms with Crippen LogP contribution >= 0.6 is 0 Å². The highest BCUT2D eigenvalue weighted by Crippen LogP contribution is 2.61. The van der Waals surface area contributed by atoms with Crippen molar-refractivity contribution < 1.29 is 0 Å². The van der Waals surface area contributed by atoms with Crippen molar-refractivity contribution in [1.82, 2.24) is 0 Å². The molecule has 14 rings (SSSR count). The first kappa shape index (κ1) is 46.2. The van der Waals surface area contributed by atoms with Crippen LogP contribution < -0.4 is 9.80 Å². The molecule has 73 heavy (non-hydrogen) atoms. The minimum absolute atomic E-state index is 0.109. The Kier molecular flexibility index (Phi) is 11.3. The van der Waals surface area contributed by atoms with Crippen LogP contribution in [0.3, 0.4) is 0 Å². The number of nitrogens with zero attached hydrogens (tertiary/aromatic N) is 2. The van der Waals surface area contributed by atoms with Crippen molar-refractivity contribution in [3.63, 3.8) is 0 Å². The molecule has 6 aliphatic rings. The van der Waals surface area contributed by atoms with Crippen molar-refractivity contribution >= 4 is 34.1 Å². The van der Waals surface area contributed by atoms with Crippen LogP contribution in [0.25, 0.3) is 22.3 Å². The lowest BCUT2D eigenvalue weighted by atomic mass is 9.48. The van der Waals surface area contributed by atoms with Crippen LogP contribution in [0.4, 0.5) is 34.1 Å². The first-order chi connectivity index (χ1) is 35.5. The largest absolute Gasteiger partial charge is 0.311 e. The SMILES string of the molecule is CC1(C)c2cc(N(c3ccc(C45CC6CC(CC(C6)C4)C5)cc3)c3ccc(C4(c5ccc(N(c6ccccc6)c6ccccc6)cc5)CCCC(C(C)(C)C)C4)cc3)ccc2-c2c(-c3ccccc3)cccc21. The molecule has 6 aliphatic carbocycles. The van der Waals surface area contributed by atoms with E-state index in [-0.39, 0.29) is 16.2 Å². The van der Waals surface area contributed by atoms with Gasteiger partial charge in [-0.2, -0.15) is 0 Å². The molecule has 8 aromatic carbocycles. The van der Waals surface area contributed by atoms with Gasteiger partial charge in [0.05, 0.1) is 0 Å². The van der Waals surface area contributed by atoms with Crippen LogP contribution in [-0.2, 0) is 16.2 Å². The maximum absolute atomic E-state index is 2.56. The van der Waals surface area contributed by atoms with E-state index in [9.17, 15) is 0 Å². The van der Waals surface area contributed by atoms with Crippen molar-refractivity contribution in [3.8, 4) is 22.3 Å². The van der Waals surface area contributed by atoms with Crippen LogP contribution in [0, 0.1) is 29.1 Å². The van der Waals surface area contributed by atoms with Gasteiger partial charge in [-0.15, -0.1) is 0 Å². The molecule has 2 nitrogen and oxygen atoms in total. The molecule has 8 aromatic rings. The van der Waals surface area contributed by atoms with Crippen molar-refractivity contribution in [2.75, 3.05) is 9.80 Å². The summed E-state index contributed by atoms with van der Waals surface area (Å²) in [5.41, 5.74) is 20.0. The van der Waals surface area contributed by atoms with Gasteiger partial charge in [0.25, 0.3) is 0 Å². The zero-order valence-electron chi connectivity index (χ0n) is 43.8. The van der Waals surface area contributed by atoms with Gasteiger partial charge in [-0.1, -0.05) is 168 Å². The molecular weight excluding hydrogens is 881 g/mol. The molecule has 0 spiro atoms. The summed E-state index contributed by atoms with van der Waals surface area (Å²) < 4.78 is 0. The molecule has 2 heteroatoms. The Bertz CT molecular complexity index is 3180. The van der Waals surface area contributed by atoms with E-state index in [4.69, 9.17) is 0 Å². The fraction of sp³-hybridized carbons (Fsp3) is 0.324. The van der Waals surface area contributed by atoms with E-state index >= 15 is 0 Å². The third kappa shape index (κ3) is 7.98. The van der Waals surface area contributed by atoms with E-state index in [1.54, 1.807) is 5.56 Å². The number of fused-ring (bicyclic) bond motifs is 3. The molecule has 5 fully saturated rings. The van der Waals surface area contributed by atoms with E-state index in [1.807, 2.05) is 0 Å². The van der Waals surface area contributed by atoms with Crippen molar-refractivity contribution in [2.45, 2.75) is 115 Å². The molecular formula is C71H72N2. The average molecular weight is 953 g/mol. The van der Waals surface area contributed by atoms with Gasteiger partial charge < -0.3 is 9.80 Å². The Morgan fingerprint density at radius 1 is 0.425 bits per heavy atom. The molecule has 0 N–H and O–H groups in total. The lowest BCUT2D eigenvalue weighted by molar-refractivity contribution is -0.00518. The van der Waals surface area contributed by atoms with Crippen LogP contribution in [-0.4, -0.2) is 0 Å². The number of benzene rings is 8. The Labute approximate surface area is 436 Å². The summed E-state index contributed by atoms with van der Waals surface area (Å²) in [5, 5.41) is 0. The van der Waals surface area contributed by atoms with E-state index in [0.29, 0.717) is 11.3 Å². The average Bonchev–Trinajstić information content (AvgIpc) is 3.65. The summed E-state index contributed by atoms with van der Waals surface area (Å²) in [7, 11) is 0. The number of hydrogen-bond acceptors (Lipinski definition) is 2. The topological polar surface area (TPSA) is 6.48 Å². The van der Waals surface area contributed by atoms with E-state index in [1.165, 1.54) is 119 Å². The maximum Gasteiger partial charge on any atom is 0.0465 e. The van der Waals surface area contributed by atoms with Crippen LogP contribution in [0.15, 0.2) is 200 Å². The molecule has 0 radical (unpaired) electrons. The molecule has 0 amide bonds. The van der Waals surface area contributed by atoms with Gasteiger partial charge in [0.1, 0.15) is 0 Å². The lowest BCUT2D eigenvalue weighted by Crippen LogP contribution is -2.48. The Balaban J connectivity index is 0.909. The summed E-state index contributed by atoms with van der Waals surface area (Å²) in [6, 6.07) is 76.4. The molecule has 366 valence electrons. The maximum atomic E-state index is 2.56. The first-order valence-corrected chi connectivity index (χ1v) is 27.8. The molecule has 0 heterocycles. The van der Waals surface area contributed by atoms with Gasteiger partial charge in [0, 0.05) is 45.0 Å². The molecule has 2 atom stereocenters. The van der Waals surface area contributed by atoms with E-state index < -0.39 is 0 Å². The van der Waals surface area contributed by atoms with Gasteiger partial charge in [-0.05, 0) is 215 Å². The highest BCUT2D eigenvalue weighted by molar-refractivity contribution is 5.94. The standard InChI is InChI=1S/C71H72N2/c1-68(2,3)56-19-16-40-71(48-56,54-28-34-59(35-29-54)72(57-20-11-7-12-21-57)58-22-13-8-14-23-58)55-30-36-61(37-31-55)73(60-32-26-53(27-33-60)70-45-49-41-50(46-70)43-51(42-49)47-70)62-38-39-64-66(44-62)69(4,5)65-25-15-24-63(67(64)65)52-17-9-6-10-18-52/h6-15,17-18,20-39,44,49-51,56H,16,19,40-43,45-48H2,1-5H3. The summed E-state index contributed by atoms with van der Waals surface area (Å²) in [6.45, 7) is 12.2. The Morgan fingerprint density at radius 3 is 1.41 bits per heavy atom. The molecule has 0 saturated heterocycles. The van der Waals surface area contributed by atoms with Crippen molar-refractivity contribution in [1.29, 1.82) is 0 Å². The molecule has 2 unspecified atom stereocenters. The fourth-order valence-corrected chi connectivity index (χ4v) is 15.8. The van der Waals surface area contributed by atoms with Crippen LogP contribution in [0.2, 0.25) is 0 Å². The predicted molar refractivity (Wildman–Crippen MR) is 307 cm³/mol. The van der Waals surface area contributed by atoms with Crippen LogP contribution in [0.5, 0.6) is 0 Å². The van der Waals surface area contributed by atoms with Gasteiger partial charge in [-0.25, -0.2) is 0 Å². The van der Waals surface area contributed by atoms with E-state index in [0.717, 1.165) is 42.0 Å². The van der Waals surface area contributed by atoms with Gasteiger partial charge in [0.2, 0.25) is 0 Å². The summed E-state index contributed by atoms with van der Waals surface area (Å²) in [5.74, 6) is 3.37. The third-order valence-corrected chi connectivity index (χ3v) is 19.2. The highest BCUT2D eigenvalue weighted by Gasteiger charge is 2.51. The Hall–Kier alpha value is -6.64.